The van der Waals surface area contributed by atoms with Crippen LogP contribution in [0.15, 0.2) is 72.9 Å². The summed E-state index contributed by atoms with van der Waals surface area (Å²) in [6.45, 7) is 6.47. The maximum absolute atomic E-state index is 12.8. The van der Waals surface area contributed by atoms with Crippen LogP contribution in [0.4, 0.5) is 0 Å². The van der Waals surface area contributed by atoms with Crippen LogP contribution in [0.5, 0.6) is 0 Å². The van der Waals surface area contributed by atoms with E-state index in [0.29, 0.717) is 19.3 Å². The summed E-state index contributed by atoms with van der Waals surface area (Å²) in [6.07, 6.45) is 64.6. The van der Waals surface area contributed by atoms with E-state index in [-0.39, 0.29) is 37.5 Å². The van der Waals surface area contributed by atoms with Gasteiger partial charge < -0.3 is 14.2 Å². The van der Waals surface area contributed by atoms with Gasteiger partial charge in [0.2, 0.25) is 0 Å². The van der Waals surface area contributed by atoms with Gasteiger partial charge in [-0.2, -0.15) is 0 Å². The van der Waals surface area contributed by atoms with Gasteiger partial charge in [0.05, 0.1) is 0 Å². The molecule has 0 aliphatic carbocycles. The number of hydrogen-bond donors (Lipinski definition) is 0. The first kappa shape index (κ1) is 59.9. The lowest BCUT2D eigenvalue weighted by Gasteiger charge is -2.18. The zero-order valence-corrected chi connectivity index (χ0v) is 41.3. The Morgan fingerprint density at radius 1 is 0.333 bits per heavy atom. The maximum Gasteiger partial charge on any atom is 0.306 e. The molecular weight excluding hydrogens is 781 g/mol. The molecule has 0 spiro atoms. The second kappa shape index (κ2) is 51.5. The lowest BCUT2D eigenvalue weighted by Crippen LogP contribution is -2.30. The standard InChI is InChI=1S/C57H98O6/c1-4-7-10-13-16-19-22-25-28-29-30-33-35-38-41-44-47-50-56(59)62-53-54(63-57(60)51-48-45-42-39-36-32-27-24-21-18-15-12-9-6-3)52-61-55(58)49-46-43-40-37-34-31-26-23-20-17-14-11-8-5-2/h7,10,16,19,24-25,27-28,30,33,38,41,54H,4-6,8-9,11-15,17-18,20-23,26,29,31-32,34-37,39-40,42-53H2,1-3H3/b10-7-,19-16-,27-24-,28-25-,33-30-,41-38-. The number of hydrogen-bond acceptors (Lipinski definition) is 6. The van der Waals surface area contributed by atoms with Gasteiger partial charge in [0.1, 0.15) is 13.2 Å². The average molecular weight is 879 g/mol. The second-order valence-electron chi connectivity index (χ2n) is 17.4. The Morgan fingerprint density at radius 3 is 1.05 bits per heavy atom. The third kappa shape index (κ3) is 49.7. The molecule has 0 rings (SSSR count). The molecule has 362 valence electrons. The third-order valence-corrected chi connectivity index (χ3v) is 11.2. The Kier molecular flexibility index (Phi) is 48.9. The summed E-state index contributed by atoms with van der Waals surface area (Å²) in [5.74, 6) is -0.960. The van der Waals surface area contributed by atoms with E-state index >= 15 is 0 Å². The highest BCUT2D eigenvalue weighted by molar-refractivity contribution is 5.71. The highest BCUT2D eigenvalue weighted by atomic mass is 16.6. The highest BCUT2D eigenvalue weighted by Crippen LogP contribution is 2.15. The van der Waals surface area contributed by atoms with Crippen LogP contribution in [0.2, 0.25) is 0 Å². The minimum atomic E-state index is -0.800. The predicted molar refractivity (Wildman–Crippen MR) is 270 cm³/mol. The smallest absolute Gasteiger partial charge is 0.306 e. The van der Waals surface area contributed by atoms with Crippen LogP contribution < -0.4 is 0 Å². The highest BCUT2D eigenvalue weighted by Gasteiger charge is 2.19. The van der Waals surface area contributed by atoms with E-state index < -0.39 is 6.10 Å². The number of unbranched alkanes of at least 4 members (excludes halogenated alkanes) is 24. The zero-order chi connectivity index (χ0) is 45.8. The Balaban J connectivity index is 4.47. The number of carbonyl (C=O) groups excluding carboxylic acids is 3. The first-order valence-electron chi connectivity index (χ1n) is 26.4. The van der Waals surface area contributed by atoms with Crippen LogP contribution in [0.3, 0.4) is 0 Å². The molecule has 0 heterocycles. The monoisotopic (exact) mass is 879 g/mol. The van der Waals surface area contributed by atoms with E-state index in [1.165, 1.54) is 116 Å². The second-order valence-corrected chi connectivity index (χ2v) is 17.4. The van der Waals surface area contributed by atoms with Crippen molar-refractivity contribution in [1.29, 1.82) is 0 Å². The normalized spacial score (nSPS) is 12.6. The summed E-state index contributed by atoms with van der Waals surface area (Å²) in [4.78, 5) is 38.0. The van der Waals surface area contributed by atoms with E-state index in [0.717, 1.165) is 89.9 Å². The molecule has 6 nitrogen and oxygen atoms in total. The molecule has 0 amide bonds. The average Bonchev–Trinajstić information content (AvgIpc) is 3.28. The summed E-state index contributed by atoms with van der Waals surface area (Å²) in [5, 5.41) is 0. The first-order chi connectivity index (χ1) is 31.0. The number of carbonyl (C=O) groups is 3. The van der Waals surface area contributed by atoms with Gasteiger partial charge in [-0.1, -0.05) is 222 Å². The molecule has 0 fully saturated rings. The van der Waals surface area contributed by atoms with Crippen molar-refractivity contribution in [3.05, 3.63) is 72.9 Å². The van der Waals surface area contributed by atoms with Crippen molar-refractivity contribution >= 4 is 17.9 Å². The molecule has 0 saturated carbocycles. The Labute approximate surface area is 389 Å². The van der Waals surface area contributed by atoms with Gasteiger partial charge in [-0.15, -0.1) is 0 Å². The van der Waals surface area contributed by atoms with E-state index in [4.69, 9.17) is 14.2 Å². The van der Waals surface area contributed by atoms with Gasteiger partial charge in [0, 0.05) is 19.3 Å². The van der Waals surface area contributed by atoms with Crippen molar-refractivity contribution in [2.45, 2.75) is 258 Å². The van der Waals surface area contributed by atoms with Crippen molar-refractivity contribution in [3.8, 4) is 0 Å². The van der Waals surface area contributed by atoms with Crippen LogP contribution in [-0.2, 0) is 28.6 Å². The SMILES string of the molecule is CC/C=C\C/C=C\C/C=C\C/C=C\C/C=C\CCCC(=O)OCC(COC(=O)CCCCCCCCCCCCCCCC)OC(=O)CCCCCCC/C=C\CCCCCCC. The van der Waals surface area contributed by atoms with Gasteiger partial charge in [-0.3, -0.25) is 14.4 Å². The molecule has 0 bridgehead atoms. The summed E-state index contributed by atoms with van der Waals surface area (Å²) < 4.78 is 16.8. The molecule has 0 aromatic heterocycles. The third-order valence-electron chi connectivity index (χ3n) is 11.2. The van der Waals surface area contributed by atoms with E-state index in [1.807, 2.05) is 0 Å². The van der Waals surface area contributed by atoms with E-state index in [9.17, 15) is 14.4 Å². The number of esters is 3. The Bertz CT molecular complexity index is 1190. The summed E-state index contributed by atoms with van der Waals surface area (Å²) >= 11 is 0. The van der Waals surface area contributed by atoms with Gasteiger partial charge in [0.25, 0.3) is 0 Å². The predicted octanol–water partition coefficient (Wildman–Crippen LogP) is 17.4. The van der Waals surface area contributed by atoms with Gasteiger partial charge in [-0.05, 0) is 83.5 Å². The van der Waals surface area contributed by atoms with Crippen molar-refractivity contribution < 1.29 is 28.6 Å². The van der Waals surface area contributed by atoms with Gasteiger partial charge >= 0.3 is 17.9 Å². The molecule has 0 N–H and O–H groups in total. The molecule has 1 unspecified atom stereocenters. The Morgan fingerprint density at radius 2 is 0.635 bits per heavy atom. The lowest BCUT2D eigenvalue weighted by atomic mass is 10.0. The molecule has 63 heavy (non-hydrogen) atoms. The van der Waals surface area contributed by atoms with Gasteiger partial charge in [0.15, 0.2) is 6.10 Å². The quantitative estimate of drug-likeness (QED) is 0.0262. The molecular formula is C57H98O6. The minimum absolute atomic E-state index is 0.0945. The largest absolute Gasteiger partial charge is 0.462 e. The van der Waals surface area contributed by atoms with E-state index in [2.05, 4.69) is 93.7 Å². The molecule has 0 aromatic rings. The van der Waals surface area contributed by atoms with Crippen molar-refractivity contribution in [3.63, 3.8) is 0 Å². The fraction of sp³-hybridized carbons (Fsp3) is 0.737. The molecule has 0 aliphatic heterocycles. The van der Waals surface area contributed by atoms with Gasteiger partial charge in [-0.25, -0.2) is 0 Å². The van der Waals surface area contributed by atoms with Crippen LogP contribution >= 0.6 is 0 Å². The Hall–Kier alpha value is -3.15. The molecule has 1 atom stereocenters. The summed E-state index contributed by atoms with van der Waals surface area (Å²) in [5.41, 5.74) is 0. The molecule has 0 aromatic carbocycles. The first-order valence-corrected chi connectivity index (χ1v) is 26.4. The molecule has 6 heteroatoms. The summed E-state index contributed by atoms with van der Waals surface area (Å²) in [6, 6.07) is 0. The van der Waals surface area contributed by atoms with E-state index in [1.54, 1.807) is 0 Å². The molecule has 0 saturated heterocycles. The maximum atomic E-state index is 12.8. The van der Waals surface area contributed by atoms with Crippen molar-refractivity contribution in [2.24, 2.45) is 0 Å². The molecule has 0 aliphatic rings. The van der Waals surface area contributed by atoms with Crippen LogP contribution in [0.1, 0.15) is 252 Å². The van der Waals surface area contributed by atoms with Crippen LogP contribution in [0.25, 0.3) is 0 Å². The van der Waals surface area contributed by atoms with Crippen molar-refractivity contribution in [2.75, 3.05) is 13.2 Å². The minimum Gasteiger partial charge on any atom is -0.462 e. The topological polar surface area (TPSA) is 78.9 Å². The van der Waals surface area contributed by atoms with Crippen LogP contribution in [-0.4, -0.2) is 37.2 Å². The summed E-state index contributed by atoms with van der Waals surface area (Å²) in [7, 11) is 0. The number of allylic oxidation sites excluding steroid dienone is 12. The fourth-order valence-electron chi connectivity index (χ4n) is 7.24. The van der Waals surface area contributed by atoms with Crippen molar-refractivity contribution in [1.82, 2.24) is 0 Å². The lowest BCUT2D eigenvalue weighted by molar-refractivity contribution is -0.167. The number of ether oxygens (including phenoxy) is 3. The zero-order valence-electron chi connectivity index (χ0n) is 41.3. The fourth-order valence-corrected chi connectivity index (χ4v) is 7.24. The van der Waals surface area contributed by atoms with Crippen LogP contribution in [0, 0.1) is 0 Å². The number of rotatable bonds is 47. The molecule has 0 radical (unpaired) electrons.